The number of hydrogen-bond donors (Lipinski definition) is 1. The van der Waals surface area contributed by atoms with Gasteiger partial charge in [-0.15, -0.1) is 0 Å². The molecule has 1 aromatic heterocycles. The highest BCUT2D eigenvalue weighted by Gasteiger charge is 2.29. The van der Waals surface area contributed by atoms with Crippen molar-refractivity contribution in [2.24, 2.45) is 10.7 Å². The fourth-order valence-corrected chi connectivity index (χ4v) is 2.58. The van der Waals surface area contributed by atoms with Gasteiger partial charge in [0.05, 0.1) is 19.7 Å². The van der Waals surface area contributed by atoms with Crippen LogP contribution in [0.3, 0.4) is 0 Å². The molecule has 1 aliphatic heterocycles. The lowest BCUT2D eigenvalue weighted by Gasteiger charge is -2.26. The van der Waals surface area contributed by atoms with Gasteiger partial charge in [0.25, 0.3) is 0 Å². The predicted molar refractivity (Wildman–Crippen MR) is 84.0 cm³/mol. The summed E-state index contributed by atoms with van der Waals surface area (Å²) in [6.45, 7) is 0.590. The molecule has 0 bridgehead atoms. The van der Waals surface area contributed by atoms with Gasteiger partial charge in [0.1, 0.15) is 0 Å². The van der Waals surface area contributed by atoms with Gasteiger partial charge in [0.2, 0.25) is 5.88 Å². The number of nitrogens with two attached hydrogens (primary N) is 1. The normalized spacial score (nSPS) is 17.7. The molecule has 0 spiro atoms. The standard InChI is InChI=1S/C15H15ClN4O/c1-21-14-6-5-10(8-18-14)13-9-19-15(17)20(13)12-4-2-3-11(16)7-12/h2-8,13H,9H2,1H3,(H2,17,19). The summed E-state index contributed by atoms with van der Waals surface area (Å²) in [4.78, 5) is 10.6. The Hall–Kier alpha value is -2.27. The second kappa shape index (κ2) is 5.61. The average molecular weight is 303 g/mol. The van der Waals surface area contributed by atoms with Crippen molar-refractivity contribution in [2.45, 2.75) is 6.04 Å². The smallest absolute Gasteiger partial charge is 0.212 e. The molecule has 0 amide bonds. The van der Waals surface area contributed by atoms with Crippen LogP contribution in [-0.4, -0.2) is 24.6 Å². The fourth-order valence-electron chi connectivity index (χ4n) is 2.40. The maximum Gasteiger partial charge on any atom is 0.212 e. The van der Waals surface area contributed by atoms with Gasteiger partial charge in [-0.1, -0.05) is 17.7 Å². The first kappa shape index (κ1) is 13.7. The van der Waals surface area contributed by atoms with E-state index in [2.05, 4.69) is 9.98 Å². The van der Waals surface area contributed by atoms with E-state index in [1.807, 2.05) is 41.3 Å². The van der Waals surface area contributed by atoms with Crippen LogP contribution in [0.2, 0.25) is 5.02 Å². The number of methoxy groups -OCH3 is 1. The van der Waals surface area contributed by atoms with Crippen molar-refractivity contribution in [3.05, 3.63) is 53.2 Å². The van der Waals surface area contributed by atoms with Crippen LogP contribution in [-0.2, 0) is 0 Å². The number of hydrogen-bond acceptors (Lipinski definition) is 5. The van der Waals surface area contributed by atoms with Crippen molar-refractivity contribution in [1.82, 2.24) is 4.98 Å². The van der Waals surface area contributed by atoms with Crippen LogP contribution in [0.1, 0.15) is 11.6 Å². The number of guanidine groups is 1. The Morgan fingerprint density at radius 2 is 2.19 bits per heavy atom. The van der Waals surface area contributed by atoms with E-state index >= 15 is 0 Å². The second-order valence-electron chi connectivity index (χ2n) is 4.70. The number of aliphatic imine (C=N–C) groups is 1. The third-order valence-electron chi connectivity index (χ3n) is 3.42. The molecule has 5 nitrogen and oxygen atoms in total. The van der Waals surface area contributed by atoms with Gasteiger partial charge in [-0.3, -0.25) is 4.99 Å². The van der Waals surface area contributed by atoms with Crippen molar-refractivity contribution in [1.29, 1.82) is 0 Å². The van der Waals surface area contributed by atoms with Crippen molar-refractivity contribution in [3.63, 3.8) is 0 Å². The van der Waals surface area contributed by atoms with Gasteiger partial charge >= 0.3 is 0 Å². The van der Waals surface area contributed by atoms with Gasteiger partial charge in [-0.25, -0.2) is 4.98 Å². The van der Waals surface area contributed by atoms with E-state index in [9.17, 15) is 0 Å². The van der Waals surface area contributed by atoms with Crippen molar-refractivity contribution < 1.29 is 4.74 Å². The van der Waals surface area contributed by atoms with E-state index in [1.165, 1.54) is 0 Å². The maximum absolute atomic E-state index is 6.07. The molecule has 2 heterocycles. The van der Waals surface area contributed by atoms with Crippen LogP contribution in [0.5, 0.6) is 5.88 Å². The summed E-state index contributed by atoms with van der Waals surface area (Å²) in [5, 5.41) is 0.666. The molecular formula is C15H15ClN4O. The van der Waals surface area contributed by atoms with Gasteiger partial charge in [-0.2, -0.15) is 0 Å². The van der Waals surface area contributed by atoms with Crippen LogP contribution >= 0.6 is 11.6 Å². The van der Waals surface area contributed by atoms with Crippen molar-refractivity contribution >= 4 is 23.2 Å². The first-order chi connectivity index (χ1) is 10.2. The molecule has 0 radical (unpaired) electrons. The topological polar surface area (TPSA) is 63.7 Å². The molecular weight excluding hydrogens is 288 g/mol. The molecule has 2 aromatic rings. The Kier molecular flexibility index (Phi) is 3.66. The minimum atomic E-state index is 0.0156. The Balaban J connectivity index is 1.94. The van der Waals surface area contributed by atoms with Crippen LogP contribution in [0.15, 0.2) is 47.6 Å². The molecule has 2 N–H and O–H groups in total. The molecule has 1 aromatic carbocycles. The SMILES string of the molecule is COc1ccc(C2CN=C(N)N2c2cccc(Cl)c2)cn1. The lowest BCUT2D eigenvalue weighted by atomic mass is 10.1. The molecule has 6 heteroatoms. The van der Waals surface area contributed by atoms with Crippen molar-refractivity contribution in [3.8, 4) is 5.88 Å². The molecule has 0 fully saturated rings. The molecule has 0 saturated carbocycles. The second-order valence-corrected chi connectivity index (χ2v) is 5.13. The minimum absolute atomic E-state index is 0.0156. The molecule has 21 heavy (non-hydrogen) atoms. The summed E-state index contributed by atoms with van der Waals surface area (Å²) in [6, 6.07) is 11.4. The molecule has 3 rings (SSSR count). The highest BCUT2D eigenvalue weighted by Crippen LogP contribution is 2.32. The maximum atomic E-state index is 6.07. The number of halogens is 1. The summed E-state index contributed by atoms with van der Waals surface area (Å²) in [7, 11) is 1.59. The summed E-state index contributed by atoms with van der Waals surface area (Å²) in [5.74, 6) is 1.07. The van der Waals surface area contributed by atoms with E-state index in [0.29, 0.717) is 23.4 Å². The summed E-state index contributed by atoms with van der Waals surface area (Å²) in [5.41, 5.74) is 7.98. The van der Waals surface area contributed by atoms with E-state index in [1.54, 1.807) is 13.3 Å². The zero-order valence-corrected chi connectivity index (χ0v) is 12.3. The largest absolute Gasteiger partial charge is 0.481 e. The lowest BCUT2D eigenvalue weighted by Crippen LogP contribution is -2.36. The molecule has 0 saturated heterocycles. The summed E-state index contributed by atoms with van der Waals surface area (Å²) >= 11 is 6.07. The Bertz CT molecular complexity index is 672. The first-order valence-electron chi connectivity index (χ1n) is 6.53. The number of anilines is 1. The lowest BCUT2D eigenvalue weighted by molar-refractivity contribution is 0.397. The zero-order valence-electron chi connectivity index (χ0n) is 11.5. The number of rotatable bonds is 3. The third kappa shape index (κ3) is 2.64. The van der Waals surface area contributed by atoms with Crippen LogP contribution in [0, 0.1) is 0 Å². The quantitative estimate of drug-likeness (QED) is 0.946. The number of aromatic nitrogens is 1. The summed E-state index contributed by atoms with van der Waals surface area (Å²) < 4.78 is 5.08. The van der Waals surface area contributed by atoms with Crippen LogP contribution in [0.25, 0.3) is 0 Å². The Morgan fingerprint density at radius 1 is 1.33 bits per heavy atom. The fraction of sp³-hybridized carbons (Fsp3) is 0.200. The van der Waals surface area contributed by atoms with Crippen LogP contribution in [0.4, 0.5) is 5.69 Å². The molecule has 1 aliphatic rings. The first-order valence-corrected chi connectivity index (χ1v) is 6.91. The number of pyridine rings is 1. The summed E-state index contributed by atoms with van der Waals surface area (Å²) in [6.07, 6.45) is 1.79. The van der Waals surface area contributed by atoms with Gasteiger partial charge < -0.3 is 15.4 Å². The number of nitrogens with zero attached hydrogens (tertiary/aromatic N) is 3. The molecule has 1 unspecified atom stereocenters. The average Bonchev–Trinajstić information content (AvgIpc) is 2.89. The molecule has 108 valence electrons. The van der Waals surface area contributed by atoms with E-state index in [0.717, 1.165) is 11.3 Å². The van der Waals surface area contributed by atoms with Gasteiger partial charge in [0, 0.05) is 23.0 Å². The van der Waals surface area contributed by atoms with E-state index in [4.69, 9.17) is 22.1 Å². The van der Waals surface area contributed by atoms with Gasteiger partial charge in [-0.05, 0) is 29.8 Å². The van der Waals surface area contributed by atoms with E-state index < -0.39 is 0 Å². The number of benzene rings is 1. The zero-order chi connectivity index (χ0) is 14.8. The van der Waals surface area contributed by atoms with Crippen LogP contribution < -0.4 is 15.4 Å². The third-order valence-corrected chi connectivity index (χ3v) is 3.66. The predicted octanol–water partition coefficient (Wildman–Crippen LogP) is 2.62. The van der Waals surface area contributed by atoms with Crippen molar-refractivity contribution in [2.75, 3.05) is 18.6 Å². The highest BCUT2D eigenvalue weighted by molar-refractivity contribution is 6.30. The number of ether oxygens (including phenoxy) is 1. The monoisotopic (exact) mass is 302 g/mol. The highest BCUT2D eigenvalue weighted by atomic mass is 35.5. The minimum Gasteiger partial charge on any atom is -0.481 e. The van der Waals surface area contributed by atoms with Gasteiger partial charge in [0.15, 0.2) is 5.96 Å². The molecule has 1 atom stereocenters. The Labute approximate surface area is 128 Å². The Morgan fingerprint density at radius 3 is 2.86 bits per heavy atom. The molecule has 0 aliphatic carbocycles. The van der Waals surface area contributed by atoms with E-state index in [-0.39, 0.29) is 6.04 Å².